The molecule has 1 aromatic carbocycles. The van der Waals surface area contributed by atoms with Crippen molar-refractivity contribution in [3.8, 4) is 0 Å². The zero-order valence-electron chi connectivity index (χ0n) is 10.8. The zero-order chi connectivity index (χ0) is 13.2. The molecule has 2 nitrogen and oxygen atoms in total. The summed E-state index contributed by atoms with van der Waals surface area (Å²) in [6.45, 7) is 1.85. The van der Waals surface area contributed by atoms with E-state index in [1.165, 1.54) is 11.6 Å². The number of hydrogen-bond acceptors (Lipinski definition) is 2. The van der Waals surface area contributed by atoms with Crippen molar-refractivity contribution in [1.29, 1.82) is 0 Å². The number of aromatic nitrogens is 2. The maximum absolute atomic E-state index is 13.6. The zero-order valence-corrected chi connectivity index (χ0v) is 10.8. The first-order chi connectivity index (χ1) is 9.25. The van der Waals surface area contributed by atoms with Crippen LogP contribution in [0.1, 0.15) is 35.6 Å². The minimum Gasteiger partial charge on any atom is -0.261 e. The highest BCUT2D eigenvalue weighted by molar-refractivity contribution is 5.66. The van der Waals surface area contributed by atoms with E-state index in [0.717, 1.165) is 29.7 Å². The number of nitrogens with zero attached hydrogens (tertiary/aromatic N) is 2. The van der Waals surface area contributed by atoms with Gasteiger partial charge in [-0.3, -0.25) is 9.97 Å². The molecule has 1 heterocycles. The number of halogens is 1. The van der Waals surface area contributed by atoms with Crippen LogP contribution in [0.3, 0.4) is 0 Å². The molecule has 0 aliphatic heterocycles. The lowest BCUT2D eigenvalue weighted by Gasteiger charge is -2.11. The van der Waals surface area contributed by atoms with Crippen LogP contribution in [0.15, 0.2) is 42.9 Å². The second-order valence-corrected chi connectivity index (χ2v) is 4.88. The van der Waals surface area contributed by atoms with Gasteiger partial charge in [0, 0.05) is 18.3 Å². The average Bonchev–Trinajstić information content (AvgIpc) is 2.92. The summed E-state index contributed by atoms with van der Waals surface area (Å²) >= 11 is 0. The Hall–Kier alpha value is -2.03. The van der Waals surface area contributed by atoms with Gasteiger partial charge in [-0.05, 0) is 42.5 Å². The Kier molecular flexibility index (Phi) is 3.11. The maximum atomic E-state index is 13.6. The molecule has 1 unspecified atom stereocenters. The van der Waals surface area contributed by atoms with E-state index in [9.17, 15) is 4.39 Å². The van der Waals surface area contributed by atoms with E-state index >= 15 is 0 Å². The van der Waals surface area contributed by atoms with Crippen molar-refractivity contribution in [1.82, 2.24) is 9.97 Å². The smallest absolute Gasteiger partial charge is 0.126 e. The van der Waals surface area contributed by atoms with Gasteiger partial charge in [-0.1, -0.05) is 18.2 Å². The highest BCUT2D eigenvalue weighted by Crippen LogP contribution is 2.38. The van der Waals surface area contributed by atoms with Crippen molar-refractivity contribution in [2.45, 2.75) is 25.7 Å². The molecule has 2 aromatic rings. The van der Waals surface area contributed by atoms with Gasteiger partial charge in [0.05, 0.1) is 11.9 Å². The van der Waals surface area contributed by atoms with E-state index in [2.05, 4.69) is 16.0 Å². The second kappa shape index (κ2) is 4.92. The molecule has 0 fully saturated rings. The summed E-state index contributed by atoms with van der Waals surface area (Å²) in [5.74, 6) is 0.159. The molecule has 0 amide bonds. The minimum atomic E-state index is -0.126. The molecular weight excluding hydrogens is 239 g/mol. The third-order valence-corrected chi connectivity index (χ3v) is 3.73. The molecule has 1 aliphatic rings. The Morgan fingerprint density at radius 3 is 2.95 bits per heavy atom. The van der Waals surface area contributed by atoms with Crippen molar-refractivity contribution in [3.63, 3.8) is 0 Å². The number of hydrogen-bond donors (Lipinski definition) is 0. The van der Waals surface area contributed by atoms with E-state index < -0.39 is 0 Å². The molecule has 0 radical (unpaired) electrons. The van der Waals surface area contributed by atoms with E-state index in [4.69, 9.17) is 0 Å². The Morgan fingerprint density at radius 1 is 1.26 bits per heavy atom. The van der Waals surface area contributed by atoms with Crippen molar-refractivity contribution >= 4 is 5.57 Å². The predicted octanol–water partition coefficient (Wildman–Crippen LogP) is 3.89. The largest absolute Gasteiger partial charge is 0.261 e. The summed E-state index contributed by atoms with van der Waals surface area (Å²) in [6.07, 6.45) is 9.35. The molecule has 0 saturated heterocycles. The van der Waals surface area contributed by atoms with Crippen LogP contribution < -0.4 is 0 Å². The predicted molar refractivity (Wildman–Crippen MR) is 73.1 cm³/mol. The first-order valence-corrected chi connectivity index (χ1v) is 6.48. The molecule has 0 spiro atoms. The lowest BCUT2D eigenvalue weighted by Crippen LogP contribution is -1.96. The third-order valence-electron chi connectivity index (χ3n) is 3.73. The summed E-state index contributed by atoms with van der Waals surface area (Å²) in [6, 6.07) is 5.31. The van der Waals surface area contributed by atoms with Gasteiger partial charge in [-0.2, -0.15) is 0 Å². The van der Waals surface area contributed by atoms with Crippen LogP contribution in [0.2, 0.25) is 0 Å². The van der Waals surface area contributed by atoms with Gasteiger partial charge in [-0.15, -0.1) is 0 Å². The summed E-state index contributed by atoms with van der Waals surface area (Å²) in [7, 11) is 0. The van der Waals surface area contributed by atoms with E-state index in [1.54, 1.807) is 24.7 Å². The van der Waals surface area contributed by atoms with Crippen molar-refractivity contribution in [2.24, 2.45) is 0 Å². The molecule has 19 heavy (non-hydrogen) atoms. The average molecular weight is 254 g/mol. The molecule has 96 valence electrons. The first-order valence-electron chi connectivity index (χ1n) is 6.48. The fourth-order valence-electron chi connectivity index (χ4n) is 2.67. The number of allylic oxidation sites excluding steroid dienone is 2. The molecule has 0 bridgehead atoms. The highest BCUT2D eigenvalue weighted by Gasteiger charge is 2.21. The van der Waals surface area contributed by atoms with Crippen LogP contribution in [-0.4, -0.2) is 9.97 Å². The Morgan fingerprint density at radius 2 is 2.16 bits per heavy atom. The molecular formula is C16H15FN2. The topological polar surface area (TPSA) is 25.8 Å². The van der Waals surface area contributed by atoms with Crippen molar-refractivity contribution in [2.75, 3.05) is 0 Å². The third kappa shape index (κ3) is 2.28. The summed E-state index contributed by atoms with van der Waals surface area (Å²) in [5.41, 5.74) is 3.98. The fraction of sp³-hybridized carbons (Fsp3) is 0.250. The van der Waals surface area contributed by atoms with Gasteiger partial charge >= 0.3 is 0 Å². The molecule has 0 N–H and O–H groups in total. The van der Waals surface area contributed by atoms with Gasteiger partial charge in [0.1, 0.15) is 5.82 Å². The molecule has 1 atom stereocenters. The quantitative estimate of drug-likeness (QED) is 0.812. The molecule has 1 aromatic heterocycles. The van der Waals surface area contributed by atoms with Crippen LogP contribution in [-0.2, 0) is 0 Å². The molecule has 1 aliphatic carbocycles. The number of rotatable bonds is 2. The second-order valence-electron chi connectivity index (χ2n) is 4.88. The fourth-order valence-corrected chi connectivity index (χ4v) is 2.67. The number of benzene rings is 1. The van der Waals surface area contributed by atoms with Crippen LogP contribution >= 0.6 is 0 Å². The van der Waals surface area contributed by atoms with E-state index in [0.29, 0.717) is 0 Å². The van der Waals surface area contributed by atoms with Crippen molar-refractivity contribution < 1.29 is 4.39 Å². The lowest BCUT2D eigenvalue weighted by atomic mass is 9.94. The molecule has 0 saturated carbocycles. The van der Waals surface area contributed by atoms with Gasteiger partial charge in [0.25, 0.3) is 0 Å². The maximum Gasteiger partial charge on any atom is 0.126 e. The van der Waals surface area contributed by atoms with Crippen LogP contribution in [0.4, 0.5) is 4.39 Å². The Bertz CT molecular complexity index is 620. The molecule has 3 rings (SSSR count). The highest BCUT2D eigenvalue weighted by atomic mass is 19.1. The normalized spacial score (nSPS) is 18.4. The SMILES string of the molecule is Cc1c(F)cccc1C1C=C(c2cnccn2)CC1. The summed E-state index contributed by atoms with van der Waals surface area (Å²) < 4.78 is 13.6. The van der Waals surface area contributed by atoms with Crippen LogP contribution in [0.5, 0.6) is 0 Å². The summed E-state index contributed by atoms with van der Waals surface area (Å²) in [4.78, 5) is 8.42. The monoisotopic (exact) mass is 254 g/mol. The standard InChI is InChI=1S/C16H15FN2/c1-11-14(3-2-4-15(11)17)12-5-6-13(9-12)16-10-18-7-8-19-16/h2-4,7-10,12H,5-6H2,1H3. The minimum absolute atomic E-state index is 0.126. The van der Waals surface area contributed by atoms with Gasteiger partial charge in [0.15, 0.2) is 0 Å². The van der Waals surface area contributed by atoms with Gasteiger partial charge in [0.2, 0.25) is 0 Å². The van der Waals surface area contributed by atoms with E-state index in [1.807, 2.05) is 13.0 Å². The first kappa shape index (κ1) is 12.0. The lowest BCUT2D eigenvalue weighted by molar-refractivity contribution is 0.612. The van der Waals surface area contributed by atoms with E-state index in [-0.39, 0.29) is 11.7 Å². The molecule has 3 heteroatoms. The van der Waals surface area contributed by atoms with Gasteiger partial charge in [-0.25, -0.2) is 4.39 Å². The Balaban J connectivity index is 1.93. The van der Waals surface area contributed by atoms with Crippen LogP contribution in [0.25, 0.3) is 5.57 Å². The summed E-state index contributed by atoms with van der Waals surface area (Å²) in [5, 5.41) is 0. The van der Waals surface area contributed by atoms with Crippen LogP contribution in [0, 0.1) is 12.7 Å². The van der Waals surface area contributed by atoms with Gasteiger partial charge < -0.3 is 0 Å². The Labute approximate surface area is 112 Å². The van der Waals surface area contributed by atoms with Crippen molar-refractivity contribution in [3.05, 3.63) is 65.5 Å².